The molecule has 6 nitrogen and oxygen atoms in total. The highest BCUT2D eigenvalue weighted by atomic mass is 16.4. The van der Waals surface area contributed by atoms with Crippen molar-refractivity contribution >= 4 is 23.6 Å². The Morgan fingerprint density at radius 1 is 1.29 bits per heavy atom. The molecule has 1 atom stereocenters. The molecule has 0 radical (unpaired) electrons. The SMILES string of the molecule is CC(C)c1ccc(N2C(=O)N[C@H](CCC(=O)O)C2=O)cc1. The third-order valence-corrected chi connectivity index (χ3v) is 3.48. The van der Waals surface area contributed by atoms with Gasteiger partial charge >= 0.3 is 12.0 Å². The van der Waals surface area contributed by atoms with Gasteiger partial charge in [0.05, 0.1) is 5.69 Å². The van der Waals surface area contributed by atoms with Crippen molar-refractivity contribution in [1.29, 1.82) is 0 Å². The number of carbonyl (C=O) groups is 3. The third-order valence-electron chi connectivity index (χ3n) is 3.48. The number of imide groups is 1. The monoisotopic (exact) mass is 290 g/mol. The number of aliphatic carboxylic acids is 1. The second-order valence-electron chi connectivity index (χ2n) is 5.35. The molecule has 112 valence electrons. The van der Waals surface area contributed by atoms with E-state index in [1.807, 2.05) is 12.1 Å². The van der Waals surface area contributed by atoms with Gasteiger partial charge in [0, 0.05) is 6.42 Å². The fraction of sp³-hybridized carbons (Fsp3) is 0.400. The van der Waals surface area contributed by atoms with Gasteiger partial charge in [-0.05, 0) is 30.0 Å². The summed E-state index contributed by atoms with van der Waals surface area (Å²) in [5.74, 6) is -1.03. The van der Waals surface area contributed by atoms with Crippen molar-refractivity contribution in [2.75, 3.05) is 4.90 Å². The van der Waals surface area contributed by atoms with Crippen LogP contribution in [0.25, 0.3) is 0 Å². The fourth-order valence-corrected chi connectivity index (χ4v) is 2.25. The summed E-state index contributed by atoms with van der Waals surface area (Å²) in [4.78, 5) is 35.7. The molecule has 0 unspecified atom stereocenters. The lowest BCUT2D eigenvalue weighted by atomic mass is 10.0. The molecule has 1 aliphatic heterocycles. The highest BCUT2D eigenvalue weighted by Gasteiger charge is 2.38. The molecule has 1 aromatic carbocycles. The van der Waals surface area contributed by atoms with Gasteiger partial charge in [-0.1, -0.05) is 26.0 Å². The molecule has 3 amide bonds. The van der Waals surface area contributed by atoms with Crippen molar-refractivity contribution in [3.05, 3.63) is 29.8 Å². The molecule has 0 aromatic heterocycles. The molecule has 1 saturated heterocycles. The number of hydrogen-bond donors (Lipinski definition) is 2. The maximum atomic E-state index is 12.2. The molecule has 0 spiro atoms. The topological polar surface area (TPSA) is 86.7 Å². The first-order valence-electron chi connectivity index (χ1n) is 6.86. The number of nitrogens with one attached hydrogen (secondary N) is 1. The van der Waals surface area contributed by atoms with Crippen LogP contribution in [0.5, 0.6) is 0 Å². The molecular weight excluding hydrogens is 272 g/mol. The number of urea groups is 1. The zero-order chi connectivity index (χ0) is 15.6. The maximum Gasteiger partial charge on any atom is 0.329 e. The van der Waals surface area contributed by atoms with Crippen molar-refractivity contribution in [2.24, 2.45) is 0 Å². The fourth-order valence-electron chi connectivity index (χ4n) is 2.25. The maximum absolute atomic E-state index is 12.2. The van der Waals surface area contributed by atoms with Gasteiger partial charge in [-0.25, -0.2) is 9.69 Å². The molecule has 2 rings (SSSR count). The van der Waals surface area contributed by atoms with Gasteiger partial charge in [-0.15, -0.1) is 0 Å². The predicted octanol–water partition coefficient (Wildman–Crippen LogP) is 2.10. The van der Waals surface area contributed by atoms with E-state index in [0.29, 0.717) is 11.6 Å². The van der Waals surface area contributed by atoms with Crippen LogP contribution < -0.4 is 10.2 Å². The van der Waals surface area contributed by atoms with E-state index in [-0.39, 0.29) is 12.8 Å². The van der Waals surface area contributed by atoms with Gasteiger partial charge in [0.25, 0.3) is 5.91 Å². The zero-order valence-electron chi connectivity index (χ0n) is 12.0. The number of nitrogens with zero attached hydrogens (tertiary/aromatic N) is 1. The average Bonchev–Trinajstić information content (AvgIpc) is 2.71. The summed E-state index contributed by atoms with van der Waals surface area (Å²) in [5.41, 5.74) is 1.62. The molecule has 1 fully saturated rings. The standard InChI is InChI=1S/C15H18N2O4/c1-9(2)10-3-5-11(6-4-10)17-14(20)12(16-15(17)21)7-8-13(18)19/h3-6,9,12H,7-8H2,1-2H3,(H,16,21)(H,18,19)/t12-/m1/s1. The van der Waals surface area contributed by atoms with Crippen LogP contribution in [-0.4, -0.2) is 29.1 Å². The Morgan fingerprint density at radius 2 is 1.90 bits per heavy atom. The average molecular weight is 290 g/mol. The molecule has 0 saturated carbocycles. The van der Waals surface area contributed by atoms with Crippen LogP contribution in [0.4, 0.5) is 10.5 Å². The van der Waals surface area contributed by atoms with E-state index < -0.39 is 23.9 Å². The predicted molar refractivity (Wildman–Crippen MR) is 77.2 cm³/mol. The van der Waals surface area contributed by atoms with Gasteiger partial charge in [0.2, 0.25) is 0 Å². The Kier molecular flexibility index (Phi) is 4.26. The molecule has 21 heavy (non-hydrogen) atoms. The summed E-state index contributed by atoms with van der Waals surface area (Å²) in [6.07, 6.45) is -0.0582. The second-order valence-corrected chi connectivity index (χ2v) is 5.35. The summed E-state index contributed by atoms with van der Waals surface area (Å²) < 4.78 is 0. The van der Waals surface area contributed by atoms with Crippen LogP contribution in [0.3, 0.4) is 0 Å². The van der Waals surface area contributed by atoms with Gasteiger partial charge in [0.15, 0.2) is 0 Å². The molecule has 6 heteroatoms. The van der Waals surface area contributed by atoms with Gasteiger partial charge in [-0.2, -0.15) is 0 Å². The van der Waals surface area contributed by atoms with E-state index in [2.05, 4.69) is 19.2 Å². The Bertz CT molecular complexity index is 566. The Labute approximate surface area is 122 Å². The number of rotatable bonds is 5. The number of benzene rings is 1. The molecule has 0 bridgehead atoms. The van der Waals surface area contributed by atoms with E-state index in [0.717, 1.165) is 10.5 Å². The Morgan fingerprint density at radius 3 is 2.43 bits per heavy atom. The van der Waals surface area contributed by atoms with Crippen molar-refractivity contribution in [3.8, 4) is 0 Å². The van der Waals surface area contributed by atoms with Gasteiger partial charge < -0.3 is 10.4 Å². The second kappa shape index (κ2) is 5.95. The van der Waals surface area contributed by atoms with Crippen molar-refractivity contribution < 1.29 is 19.5 Å². The number of carbonyl (C=O) groups excluding carboxylic acids is 2. The van der Waals surface area contributed by atoms with E-state index in [1.165, 1.54) is 0 Å². The van der Waals surface area contributed by atoms with Gasteiger partial charge in [-0.3, -0.25) is 9.59 Å². The van der Waals surface area contributed by atoms with Crippen molar-refractivity contribution in [3.63, 3.8) is 0 Å². The van der Waals surface area contributed by atoms with Crippen LogP contribution in [0.15, 0.2) is 24.3 Å². The van der Waals surface area contributed by atoms with Crippen molar-refractivity contribution in [1.82, 2.24) is 5.32 Å². The molecule has 2 N–H and O–H groups in total. The molecule has 1 aromatic rings. The minimum Gasteiger partial charge on any atom is -0.481 e. The highest BCUT2D eigenvalue weighted by molar-refractivity contribution is 6.21. The van der Waals surface area contributed by atoms with Crippen LogP contribution in [-0.2, 0) is 9.59 Å². The van der Waals surface area contributed by atoms with E-state index in [4.69, 9.17) is 5.11 Å². The van der Waals surface area contributed by atoms with Crippen LogP contribution in [0.1, 0.15) is 38.2 Å². The lowest BCUT2D eigenvalue weighted by molar-refractivity contribution is -0.137. The number of carboxylic acid groups (broad SMARTS) is 1. The van der Waals surface area contributed by atoms with Crippen LogP contribution in [0, 0.1) is 0 Å². The lowest BCUT2D eigenvalue weighted by Gasteiger charge is -2.14. The number of anilines is 1. The summed E-state index contributed by atoms with van der Waals surface area (Å²) in [6, 6.07) is 5.95. The molecule has 1 heterocycles. The normalized spacial score (nSPS) is 18.2. The van der Waals surface area contributed by atoms with Gasteiger partial charge in [0.1, 0.15) is 6.04 Å². The summed E-state index contributed by atoms with van der Waals surface area (Å²) in [6.45, 7) is 4.12. The largest absolute Gasteiger partial charge is 0.481 e. The Hall–Kier alpha value is -2.37. The van der Waals surface area contributed by atoms with Crippen molar-refractivity contribution in [2.45, 2.75) is 38.6 Å². The smallest absolute Gasteiger partial charge is 0.329 e. The Balaban J connectivity index is 2.14. The van der Waals surface area contributed by atoms with E-state index in [1.54, 1.807) is 12.1 Å². The lowest BCUT2D eigenvalue weighted by Crippen LogP contribution is -2.31. The minimum absolute atomic E-state index is 0.0977. The van der Waals surface area contributed by atoms with Crippen LogP contribution >= 0.6 is 0 Å². The zero-order valence-corrected chi connectivity index (χ0v) is 12.0. The third kappa shape index (κ3) is 3.21. The minimum atomic E-state index is -0.989. The number of carboxylic acids is 1. The van der Waals surface area contributed by atoms with E-state index in [9.17, 15) is 14.4 Å². The quantitative estimate of drug-likeness (QED) is 0.813. The first kappa shape index (κ1) is 15.0. The summed E-state index contributed by atoms with van der Waals surface area (Å²) >= 11 is 0. The molecular formula is C15H18N2O4. The highest BCUT2D eigenvalue weighted by Crippen LogP contribution is 2.24. The molecule has 1 aliphatic rings. The first-order valence-corrected chi connectivity index (χ1v) is 6.86. The number of hydrogen-bond acceptors (Lipinski definition) is 3. The number of amides is 3. The summed E-state index contributed by atoms with van der Waals surface area (Å²) in [7, 11) is 0. The van der Waals surface area contributed by atoms with Crippen LogP contribution in [0.2, 0.25) is 0 Å². The summed E-state index contributed by atoms with van der Waals surface area (Å²) in [5, 5.41) is 11.2. The molecule has 0 aliphatic carbocycles. The first-order chi connectivity index (χ1) is 9.90. The van der Waals surface area contributed by atoms with E-state index >= 15 is 0 Å².